The van der Waals surface area contributed by atoms with Crippen molar-refractivity contribution in [2.75, 3.05) is 7.05 Å². The van der Waals surface area contributed by atoms with E-state index in [0.29, 0.717) is 18.5 Å². The minimum Gasteiger partial charge on any atom is -0.393 e. The van der Waals surface area contributed by atoms with Crippen molar-refractivity contribution in [1.82, 2.24) is 20.4 Å². The highest BCUT2D eigenvalue weighted by Crippen LogP contribution is 2.24. The van der Waals surface area contributed by atoms with Gasteiger partial charge in [-0.15, -0.1) is 0 Å². The zero-order valence-electron chi connectivity index (χ0n) is 16.4. The minimum absolute atomic E-state index is 0.0273. The van der Waals surface area contributed by atoms with Crippen LogP contribution in [0, 0.1) is 0 Å². The number of nitrogens with one attached hydrogen (secondary N) is 2. The summed E-state index contributed by atoms with van der Waals surface area (Å²) in [7, 11) is 1.54. The van der Waals surface area contributed by atoms with E-state index >= 15 is 0 Å². The fourth-order valence-electron chi connectivity index (χ4n) is 3.75. The normalized spacial score (nSPS) is 20.4. The maximum Gasteiger partial charge on any atom is 0.271 e. The van der Waals surface area contributed by atoms with Gasteiger partial charge in [-0.2, -0.15) is 5.10 Å². The number of hydrogen-bond donors (Lipinski definition) is 3. The van der Waals surface area contributed by atoms with Gasteiger partial charge in [0.05, 0.1) is 12.1 Å². The summed E-state index contributed by atoms with van der Waals surface area (Å²) in [6.07, 6.45) is 3.33. The highest BCUT2D eigenvalue weighted by atomic mass is 16.3. The molecule has 0 aliphatic heterocycles. The van der Waals surface area contributed by atoms with E-state index in [9.17, 15) is 14.7 Å². The van der Waals surface area contributed by atoms with E-state index in [-0.39, 0.29) is 35.7 Å². The van der Waals surface area contributed by atoms with Crippen molar-refractivity contribution < 1.29 is 14.7 Å². The van der Waals surface area contributed by atoms with Crippen molar-refractivity contribution in [1.29, 1.82) is 0 Å². The third kappa shape index (κ3) is 4.42. The number of nitrogens with zero attached hydrogens (tertiary/aromatic N) is 2. The van der Waals surface area contributed by atoms with Crippen LogP contribution in [0.5, 0.6) is 0 Å². The molecule has 3 rings (SSSR count). The molecule has 3 N–H and O–H groups in total. The van der Waals surface area contributed by atoms with Crippen LogP contribution < -0.4 is 10.6 Å². The molecule has 1 atom stereocenters. The molecular weight excluding hydrogens is 356 g/mol. The van der Waals surface area contributed by atoms with Gasteiger partial charge in [0, 0.05) is 19.2 Å². The molecule has 7 heteroatoms. The molecular formula is C21H28N4O3. The van der Waals surface area contributed by atoms with Gasteiger partial charge in [-0.1, -0.05) is 37.3 Å². The first-order valence-corrected chi connectivity index (χ1v) is 9.89. The fourth-order valence-corrected chi connectivity index (χ4v) is 3.75. The van der Waals surface area contributed by atoms with E-state index in [1.165, 1.54) is 0 Å². The highest BCUT2D eigenvalue weighted by molar-refractivity contribution is 5.98. The van der Waals surface area contributed by atoms with Crippen LogP contribution in [0.3, 0.4) is 0 Å². The molecule has 0 unspecified atom stereocenters. The Balaban J connectivity index is 1.91. The van der Waals surface area contributed by atoms with Crippen molar-refractivity contribution >= 4 is 11.8 Å². The first-order chi connectivity index (χ1) is 13.5. The highest BCUT2D eigenvalue weighted by Gasteiger charge is 2.27. The van der Waals surface area contributed by atoms with Crippen LogP contribution in [0.4, 0.5) is 0 Å². The predicted octanol–water partition coefficient (Wildman–Crippen LogP) is 2.28. The Hall–Kier alpha value is -2.67. The number of carbonyl (C=O) groups excluding carboxylic acids is 2. The van der Waals surface area contributed by atoms with Gasteiger partial charge in [-0.3, -0.25) is 14.3 Å². The van der Waals surface area contributed by atoms with Gasteiger partial charge >= 0.3 is 0 Å². The molecule has 2 aromatic rings. The maximum atomic E-state index is 13.0. The molecule has 1 aromatic carbocycles. The number of benzene rings is 1. The Morgan fingerprint density at radius 3 is 2.46 bits per heavy atom. The van der Waals surface area contributed by atoms with Crippen LogP contribution in [0.25, 0.3) is 0 Å². The third-order valence-corrected chi connectivity index (χ3v) is 5.33. The number of hydrogen-bond acceptors (Lipinski definition) is 4. The van der Waals surface area contributed by atoms with Crippen LogP contribution in [0.2, 0.25) is 0 Å². The van der Waals surface area contributed by atoms with Crippen LogP contribution in [0.15, 0.2) is 36.4 Å². The standard InChI is InChI=1S/C21H28N4O3/c1-3-18(14-7-5-4-6-8-14)25-19(13-17(24-25)20(27)22-2)21(28)23-15-9-11-16(26)12-10-15/h4-8,13,15-16,18,26H,3,9-12H2,1-2H3,(H,22,27)(H,23,28)/t15-,16-,18-/m0/s1. The number of amides is 2. The van der Waals surface area contributed by atoms with Gasteiger partial charge in [0.15, 0.2) is 5.69 Å². The predicted molar refractivity (Wildman–Crippen MR) is 106 cm³/mol. The molecule has 1 aromatic heterocycles. The lowest BCUT2D eigenvalue weighted by molar-refractivity contribution is 0.0856. The van der Waals surface area contributed by atoms with E-state index in [1.807, 2.05) is 37.3 Å². The molecule has 1 saturated carbocycles. The van der Waals surface area contributed by atoms with Crippen molar-refractivity contribution in [2.45, 2.75) is 57.2 Å². The second-order valence-electron chi connectivity index (χ2n) is 7.25. The molecule has 1 fully saturated rings. The zero-order chi connectivity index (χ0) is 20.1. The lowest BCUT2D eigenvalue weighted by atomic mass is 9.93. The average molecular weight is 384 g/mol. The van der Waals surface area contributed by atoms with Crippen molar-refractivity contribution in [2.24, 2.45) is 0 Å². The molecule has 2 amide bonds. The monoisotopic (exact) mass is 384 g/mol. The molecule has 0 radical (unpaired) electrons. The molecule has 28 heavy (non-hydrogen) atoms. The minimum atomic E-state index is -0.323. The van der Waals surface area contributed by atoms with Gasteiger partial charge in [-0.25, -0.2) is 0 Å². The van der Waals surface area contributed by atoms with Gasteiger partial charge in [0.2, 0.25) is 0 Å². The number of aliphatic hydroxyl groups is 1. The van der Waals surface area contributed by atoms with Gasteiger partial charge in [-0.05, 0) is 37.7 Å². The Morgan fingerprint density at radius 2 is 1.86 bits per heavy atom. The lowest BCUT2D eigenvalue weighted by Gasteiger charge is -2.26. The summed E-state index contributed by atoms with van der Waals surface area (Å²) in [4.78, 5) is 25.2. The van der Waals surface area contributed by atoms with Crippen LogP contribution >= 0.6 is 0 Å². The molecule has 0 saturated heterocycles. The first-order valence-electron chi connectivity index (χ1n) is 9.89. The third-order valence-electron chi connectivity index (χ3n) is 5.33. The molecule has 150 valence electrons. The summed E-state index contributed by atoms with van der Waals surface area (Å²) < 4.78 is 1.66. The van der Waals surface area contributed by atoms with Crippen LogP contribution in [0.1, 0.15) is 71.6 Å². The number of aromatic nitrogens is 2. The largest absolute Gasteiger partial charge is 0.393 e. The molecule has 1 heterocycles. The van der Waals surface area contributed by atoms with Crippen molar-refractivity contribution in [3.63, 3.8) is 0 Å². The molecule has 1 aliphatic carbocycles. The summed E-state index contributed by atoms with van der Waals surface area (Å²) in [6.45, 7) is 2.03. The number of rotatable bonds is 6. The van der Waals surface area contributed by atoms with Gasteiger partial charge < -0.3 is 15.7 Å². The number of carbonyl (C=O) groups is 2. The molecule has 0 bridgehead atoms. The summed E-state index contributed by atoms with van der Waals surface area (Å²) in [5, 5.41) is 19.8. The Bertz CT molecular complexity index is 810. The number of aliphatic hydroxyl groups excluding tert-OH is 1. The van der Waals surface area contributed by atoms with E-state index in [1.54, 1.807) is 17.8 Å². The van der Waals surface area contributed by atoms with E-state index in [4.69, 9.17) is 0 Å². The van der Waals surface area contributed by atoms with Gasteiger partial charge in [0.1, 0.15) is 5.69 Å². The SMILES string of the molecule is CC[C@@H](c1ccccc1)n1nc(C(=O)NC)cc1C(=O)N[C@H]1CC[C@H](O)CC1. The summed E-state index contributed by atoms with van der Waals surface area (Å²) in [5.41, 5.74) is 1.63. The molecule has 0 spiro atoms. The first kappa shape index (κ1) is 20.1. The average Bonchev–Trinajstić information content (AvgIpc) is 3.16. The zero-order valence-corrected chi connectivity index (χ0v) is 16.4. The molecule has 1 aliphatic rings. The maximum absolute atomic E-state index is 13.0. The Morgan fingerprint density at radius 1 is 1.18 bits per heavy atom. The Kier molecular flexibility index (Phi) is 6.46. The second kappa shape index (κ2) is 9.01. The topological polar surface area (TPSA) is 96.2 Å². The van der Waals surface area contributed by atoms with E-state index in [0.717, 1.165) is 24.8 Å². The molecule has 7 nitrogen and oxygen atoms in total. The fraction of sp³-hybridized carbons (Fsp3) is 0.476. The summed E-state index contributed by atoms with van der Waals surface area (Å²) in [5.74, 6) is -0.560. The van der Waals surface area contributed by atoms with Gasteiger partial charge in [0.25, 0.3) is 11.8 Å². The summed E-state index contributed by atoms with van der Waals surface area (Å²) in [6, 6.07) is 11.3. The second-order valence-corrected chi connectivity index (χ2v) is 7.25. The van der Waals surface area contributed by atoms with Crippen molar-refractivity contribution in [3.8, 4) is 0 Å². The van der Waals surface area contributed by atoms with Crippen LogP contribution in [-0.2, 0) is 0 Å². The smallest absolute Gasteiger partial charge is 0.271 e. The lowest BCUT2D eigenvalue weighted by Crippen LogP contribution is -2.39. The quantitative estimate of drug-likeness (QED) is 0.712. The van der Waals surface area contributed by atoms with E-state index < -0.39 is 0 Å². The van der Waals surface area contributed by atoms with Crippen LogP contribution in [-0.4, -0.2) is 45.9 Å². The Labute approximate surface area is 165 Å². The summed E-state index contributed by atoms with van der Waals surface area (Å²) >= 11 is 0. The van der Waals surface area contributed by atoms with Crippen molar-refractivity contribution in [3.05, 3.63) is 53.3 Å². The van der Waals surface area contributed by atoms with E-state index in [2.05, 4.69) is 15.7 Å².